The SMILES string of the molecule is CCOC(=O)CN(CC(F)(F)F)C(=O)Cc1c[nH]c2ccccc12. The van der Waals surface area contributed by atoms with Crippen LogP contribution in [-0.2, 0) is 20.7 Å². The summed E-state index contributed by atoms with van der Waals surface area (Å²) < 4.78 is 42.7. The summed E-state index contributed by atoms with van der Waals surface area (Å²) in [6.45, 7) is -0.642. The van der Waals surface area contributed by atoms with Crippen LogP contribution in [0.25, 0.3) is 10.9 Å². The van der Waals surface area contributed by atoms with Crippen LogP contribution >= 0.6 is 0 Å². The Labute approximate surface area is 136 Å². The first kappa shape index (κ1) is 17.8. The molecule has 1 heterocycles. The molecule has 8 heteroatoms. The molecule has 0 fully saturated rings. The number of nitrogens with zero attached hydrogens (tertiary/aromatic N) is 1. The molecule has 130 valence electrons. The normalized spacial score (nSPS) is 11.5. The van der Waals surface area contributed by atoms with E-state index in [2.05, 4.69) is 9.72 Å². The van der Waals surface area contributed by atoms with Gasteiger partial charge >= 0.3 is 12.1 Å². The number of H-pyrrole nitrogens is 1. The lowest BCUT2D eigenvalue weighted by Gasteiger charge is -2.23. The number of para-hydroxylation sites is 1. The van der Waals surface area contributed by atoms with Crippen LogP contribution in [0.4, 0.5) is 13.2 Å². The third kappa shape index (κ3) is 4.74. The Kier molecular flexibility index (Phi) is 5.48. The zero-order valence-electron chi connectivity index (χ0n) is 13.0. The van der Waals surface area contributed by atoms with Gasteiger partial charge in [-0.3, -0.25) is 9.59 Å². The highest BCUT2D eigenvalue weighted by molar-refractivity contribution is 5.90. The molecule has 1 amide bonds. The summed E-state index contributed by atoms with van der Waals surface area (Å²) in [6, 6.07) is 7.15. The van der Waals surface area contributed by atoms with E-state index >= 15 is 0 Å². The van der Waals surface area contributed by atoms with Gasteiger partial charge in [0.15, 0.2) is 0 Å². The van der Waals surface area contributed by atoms with Crippen LogP contribution in [0.2, 0.25) is 0 Å². The maximum absolute atomic E-state index is 12.7. The number of hydrogen-bond donors (Lipinski definition) is 1. The summed E-state index contributed by atoms with van der Waals surface area (Å²) in [6.07, 6.45) is -3.25. The fourth-order valence-electron chi connectivity index (χ4n) is 2.36. The molecule has 2 aromatic rings. The number of carbonyl (C=O) groups is 2. The number of alkyl halides is 3. The van der Waals surface area contributed by atoms with Gasteiger partial charge < -0.3 is 14.6 Å². The van der Waals surface area contributed by atoms with Crippen molar-refractivity contribution in [1.82, 2.24) is 9.88 Å². The topological polar surface area (TPSA) is 62.4 Å². The van der Waals surface area contributed by atoms with E-state index in [9.17, 15) is 22.8 Å². The largest absolute Gasteiger partial charge is 0.465 e. The van der Waals surface area contributed by atoms with E-state index in [1.165, 1.54) is 0 Å². The second-order valence-corrected chi connectivity index (χ2v) is 5.21. The minimum Gasteiger partial charge on any atom is -0.465 e. The van der Waals surface area contributed by atoms with Crippen LogP contribution in [0.15, 0.2) is 30.5 Å². The number of rotatable bonds is 6. The van der Waals surface area contributed by atoms with Gasteiger partial charge in [0.25, 0.3) is 0 Å². The summed E-state index contributed by atoms with van der Waals surface area (Å²) in [5, 5.41) is 0.758. The Bertz CT molecular complexity index is 725. The summed E-state index contributed by atoms with van der Waals surface area (Å²) in [4.78, 5) is 27.2. The molecule has 0 atom stereocenters. The fraction of sp³-hybridized carbons (Fsp3) is 0.375. The van der Waals surface area contributed by atoms with Crippen molar-refractivity contribution in [2.45, 2.75) is 19.5 Å². The summed E-state index contributed by atoms with van der Waals surface area (Å²) in [5.41, 5.74) is 1.36. The molecular weight excluding hydrogens is 325 g/mol. The quantitative estimate of drug-likeness (QED) is 0.821. The minimum atomic E-state index is -4.59. The Morgan fingerprint density at radius 3 is 2.62 bits per heavy atom. The van der Waals surface area contributed by atoms with Crippen molar-refractivity contribution in [2.24, 2.45) is 0 Å². The van der Waals surface area contributed by atoms with Crippen LogP contribution in [-0.4, -0.2) is 47.6 Å². The van der Waals surface area contributed by atoms with Gasteiger partial charge in [-0.2, -0.15) is 13.2 Å². The molecule has 0 bridgehead atoms. The van der Waals surface area contributed by atoms with Gasteiger partial charge in [0.2, 0.25) is 5.91 Å². The Morgan fingerprint density at radius 1 is 1.25 bits per heavy atom. The van der Waals surface area contributed by atoms with Crippen molar-refractivity contribution >= 4 is 22.8 Å². The van der Waals surface area contributed by atoms with Crippen LogP contribution in [0, 0.1) is 0 Å². The second kappa shape index (κ2) is 7.37. The number of hydrogen-bond acceptors (Lipinski definition) is 3. The van der Waals surface area contributed by atoms with Crippen LogP contribution in [0.3, 0.4) is 0 Å². The molecule has 5 nitrogen and oxygen atoms in total. The smallest absolute Gasteiger partial charge is 0.406 e. The molecule has 1 aromatic heterocycles. The maximum Gasteiger partial charge on any atom is 0.406 e. The zero-order valence-corrected chi connectivity index (χ0v) is 13.0. The van der Waals surface area contributed by atoms with Crippen LogP contribution < -0.4 is 0 Å². The minimum absolute atomic E-state index is 0.0370. The fourth-order valence-corrected chi connectivity index (χ4v) is 2.36. The molecule has 0 aliphatic rings. The molecule has 0 radical (unpaired) electrons. The lowest BCUT2D eigenvalue weighted by molar-refractivity contribution is -0.167. The lowest BCUT2D eigenvalue weighted by atomic mass is 10.1. The van der Waals surface area contributed by atoms with E-state index in [0.29, 0.717) is 10.5 Å². The molecule has 1 aromatic carbocycles. The zero-order chi connectivity index (χ0) is 17.7. The summed E-state index contributed by atoms with van der Waals surface area (Å²) >= 11 is 0. The van der Waals surface area contributed by atoms with E-state index in [4.69, 9.17) is 0 Å². The first-order valence-electron chi connectivity index (χ1n) is 7.35. The van der Waals surface area contributed by atoms with Crippen molar-refractivity contribution in [1.29, 1.82) is 0 Å². The van der Waals surface area contributed by atoms with Gasteiger partial charge in [-0.25, -0.2) is 0 Å². The first-order chi connectivity index (χ1) is 11.3. The number of fused-ring (bicyclic) bond motifs is 1. The highest BCUT2D eigenvalue weighted by Crippen LogP contribution is 2.21. The molecule has 24 heavy (non-hydrogen) atoms. The van der Waals surface area contributed by atoms with Crippen LogP contribution in [0.1, 0.15) is 12.5 Å². The molecule has 1 N–H and O–H groups in total. The molecule has 0 saturated carbocycles. The Balaban J connectivity index is 2.15. The Hall–Kier alpha value is -2.51. The number of esters is 1. The summed E-state index contributed by atoms with van der Waals surface area (Å²) in [7, 11) is 0. The van der Waals surface area contributed by atoms with E-state index in [1.54, 1.807) is 37.4 Å². The van der Waals surface area contributed by atoms with Gasteiger partial charge in [0, 0.05) is 17.1 Å². The molecule has 0 aliphatic heterocycles. The Morgan fingerprint density at radius 2 is 1.96 bits per heavy atom. The van der Waals surface area contributed by atoms with Gasteiger partial charge in [-0.1, -0.05) is 18.2 Å². The van der Waals surface area contributed by atoms with E-state index in [1.807, 2.05) is 0 Å². The van der Waals surface area contributed by atoms with Crippen molar-refractivity contribution in [3.63, 3.8) is 0 Å². The van der Waals surface area contributed by atoms with E-state index in [0.717, 1.165) is 10.9 Å². The molecule has 0 saturated heterocycles. The predicted octanol–water partition coefficient (Wildman–Crippen LogP) is 2.66. The lowest BCUT2D eigenvalue weighted by Crippen LogP contribution is -2.43. The highest BCUT2D eigenvalue weighted by atomic mass is 19.4. The van der Waals surface area contributed by atoms with Crippen LogP contribution in [0.5, 0.6) is 0 Å². The number of amides is 1. The maximum atomic E-state index is 12.7. The van der Waals surface area contributed by atoms with Gasteiger partial charge in [0.05, 0.1) is 13.0 Å². The highest BCUT2D eigenvalue weighted by Gasteiger charge is 2.34. The number of nitrogens with one attached hydrogen (secondary N) is 1. The predicted molar refractivity (Wildman–Crippen MR) is 81.3 cm³/mol. The number of carbonyl (C=O) groups excluding carboxylic acids is 2. The molecule has 0 unspecified atom stereocenters. The third-order valence-corrected chi connectivity index (χ3v) is 3.36. The number of halogens is 3. The molecule has 0 aliphatic carbocycles. The van der Waals surface area contributed by atoms with Gasteiger partial charge in [-0.15, -0.1) is 0 Å². The van der Waals surface area contributed by atoms with Crippen molar-refractivity contribution < 1.29 is 27.5 Å². The molecule has 2 rings (SSSR count). The third-order valence-electron chi connectivity index (χ3n) is 3.36. The van der Waals surface area contributed by atoms with E-state index in [-0.39, 0.29) is 13.0 Å². The van der Waals surface area contributed by atoms with Crippen molar-refractivity contribution in [3.05, 3.63) is 36.0 Å². The molecular formula is C16H17F3N2O3. The number of aromatic amines is 1. The number of aromatic nitrogens is 1. The first-order valence-corrected chi connectivity index (χ1v) is 7.35. The standard InChI is InChI=1S/C16H17F3N2O3/c1-2-24-15(23)9-21(10-16(17,18)19)14(22)7-11-8-20-13-6-4-3-5-12(11)13/h3-6,8,20H,2,7,9-10H2,1H3. The molecule has 0 spiro atoms. The average Bonchev–Trinajstić information content (AvgIpc) is 2.89. The van der Waals surface area contributed by atoms with E-state index < -0.39 is 31.1 Å². The van der Waals surface area contributed by atoms with Gasteiger partial charge in [-0.05, 0) is 18.6 Å². The average molecular weight is 342 g/mol. The van der Waals surface area contributed by atoms with Crippen molar-refractivity contribution in [3.8, 4) is 0 Å². The second-order valence-electron chi connectivity index (χ2n) is 5.21. The van der Waals surface area contributed by atoms with Gasteiger partial charge in [0.1, 0.15) is 13.1 Å². The summed E-state index contributed by atoms with van der Waals surface area (Å²) in [5.74, 6) is -1.65. The van der Waals surface area contributed by atoms with Crippen molar-refractivity contribution in [2.75, 3.05) is 19.7 Å². The monoisotopic (exact) mass is 342 g/mol. The number of benzene rings is 1. The number of ether oxygens (including phenoxy) is 1.